The lowest BCUT2D eigenvalue weighted by atomic mass is 10.0. The van der Waals surface area contributed by atoms with Crippen molar-refractivity contribution < 1.29 is 9.90 Å². The van der Waals surface area contributed by atoms with Crippen LogP contribution in [0.3, 0.4) is 0 Å². The van der Waals surface area contributed by atoms with E-state index in [4.69, 9.17) is 5.11 Å². The van der Waals surface area contributed by atoms with Crippen molar-refractivity contribution >= 4 is 17.7 Å². The second-order valence-electron chi connectivity index (χ2n) is 3.44. The number of nitrogens with one attached hydrogen (secondary N) is 1. The molecule has 0 radical (unpaired) electrons. The smallest absolute Gasteiger partial charge is 0.307 e. The van der Waals surface area contributed by atoms with Gasteiger partial charge in [-0.1, -0.05) is 6.92 Å². The van der Waals surface area contributed by atoms with Crippen LogP contribution in [0.2, 0.25) is 0 Å². The highest BCUT2D eigenvalue weighted by Crippen LogP contribution is 2.05. The Kier molecular flexibility index (Phi) is 6.16. The quantitative estimate of drug-likeness (QED) is 0.689. The first-order valence-corrected chi connectivity index (χ1v) is 5.86. The average Bonchev–Trinajstić information content (AvgIpc) is 2.03. The Bertz CT molecular complexity index is 164. The van der Waals surface area contributed by atoms with E-state index in [-0.39, 0.29) is 12.0 Å². The molecule has 2 N–H and O–H groups in total. The van der Waals surface area contributed by atoms with E-state index in [1.807, 2.05) is 13.2 Å². The van der Waals surface area contributed by atoms with E-state index in [2.05, 4.69) is 12.2 Å². The van der Waals surface area contributed by atoms with E-state index in [0.717, 1.165) is 5.75 Å². The van der Waals surface area contributed by atoms with Gasteiger partial charge < -0.3 is 10.4 Å². The van der Waals surface area contributed by atoms with Crippen molar-refractivity contribution in [2.45, 2.75) is 32.9 Å². The summed E-state index contributed by atoms with van der Waals surface area (Å²) in [6.45, 7) is 5.71. The Morgan fingerprint density at radius 1 is 1.46 bits per heavy atom. The number of carbonyl (C=O) groups is 1. The van der Waals surface area contributed by atoms with Gasteiger partial charge in [-0.2, -0.15) is 11.8 Å². The van der Waals surface area contributed by atoms with E-state index in [9.17, 15) is 4.79 Å². The third kappa shape index (κ3) is 5.16. The Balaban J connectivity index is 3.84. The Morgan fingerprint density at radius 3 is 2.38 bits per heavy atom. The van der Waals surface area contributed by atoms with Gasteiger partial charge in [0.25, 0.3) is 0 Å². The second-order valence-corrected chi connectivity index (χ2v) is 4.35. The molecule has 3 nitrogen and oxygen atoms in total. The maximum atomic E-state index is 10.6. The molecule has 0 rings (SSSR count). The minimum Gasteiger partial charge on any atom is -0.481 e. The van der Waals surface area contributed by atoms with Gasteiger partial charge in [-0.3, -0.25) is 4.79 Å². The second kappa shape index (κ2) is 6.27. The molecule has 0 bridgehead atoms. The fraction of sp³-hybridized carbons (Fsp3) is 0.889. The number of thioether (sulfide) groups is 1. The largest absolute Gasteiger partial charge is 0.481 e. The van der Waals surface area contributed by atoms with Gasteiger partial charge in [0.15, 0.2) is 0 Å². The minimum atomic E-state index is -0.739. The summed E-state index contributed by atoms with van der Waals surface area (Å²) in [5.74, 6) is -0.0582. The van der Waals surface area contributed by atoms with Crippen molar-refractivity contribution in [3.05, 3.63) is 0 Å². The van der Waals surface area contributed by atoms with Gasteiger partial charge in [0.1, 0.15) is 0 Å². The van der Waals surface area contributed by atoms with Crippen molar-refractivity contribution in [1.82, 2.24) is 5.32 Å². The Morgan fingerprint density at radius 2 is 2.00 bits per heavy atom. The molecule has 0 aromatic heterocycles. The summed E-state index contributed by atoms with van der Waals surface area (Å²) >= 11 is 1.76. The molecule has 0 aromatic rings. The van der Waals surface area contributed by atoms with Gasteiger partial charge in [0, 0.05) is 17.8 Å². The van der Waals surface area contributed by atoms with Crippen LogP contribution in [-0.4, -0.2) is 35.2 Å². The summed E-state index contributed by atoms with van der Waals surface area (Å²) in [6, 6.07) is 0.395. The molecule has 78 valence electrons. The third-order valence-electron chi connectivity index (χ3n) is 2.10. The Labute approximate surface area is 84.3 Å². The number of hydrogen-bond acceptors (Lipinski definition) is 3. The highest BCUT2D eigenvalue weighted by molar-refractivity contribution is 7.98. The summed E-state index contributed by atoms with van der Waals surface area (Å²) < 4.78 is 0. The number of carboxylic acid groups (broad SMARTS) is 1. The molecule has 4 heteroatoms. The number of carboxylic acids is 1. The lowest BCUT2D eigenvalue weighted by Crippen LogP contribution is -2.42. The first-order valence-electron chi connectivity index (χ1n) is 4.46. The van der Waals surface area contributed by atoms with E-state index in [0.29, 0.717) is 6.04 Å². The monoisotopic (exact) mass is 205 g/mol. The molecule has 0 fully saturated rings. The molecule has 0 aliphatic heterocycles. The highest BCUT2D eigenvalue weighted by atomic mass is 32.2. The van der Waals surface area contributed by atoms with E-state index < -0.39 is 5.97 Å². The molecule has 0 saturated carbocycles. The maximum Gasteiger partial charge on any atom is 0.307 e. The maximum absolute atomic E-state index is 10.6. The zero-order valence-corrected chi connectivity index (χ0v) is 9.52. The summed E-state index contributed by atoms with van der Waals surface area (Å²) in [6.07, 6.45) is 2.05. The van der Waals surface area contributed by atoms with Crippen LogP contribution in [-0.2, 0) is 4.79 Å². The molecule has 0 aliphatic carbocycles. The molecule has 0 amide bonds. The molecule has 3 unspecified atom stereocenters. The van der Waals surface area contributed by atoms with Crippen molar-refractivity contribution in [2.75, 3.05) is 12.0 Å². The van der Waals surface area contributed by atoms with Gasteiger partial charge >= 0.3 is 5.97 Å². The third-order valence-corrected chi connectivity index (χ3v) is 2.94. The standard InChI is InChI=1S/C9H19NO2S/c1-6(5-13-4)10-8(3)7(2)9(11)12/h6-8,10H,5H2,1-4H3,(H,11,12). The van der Waals surface area contributed by atoms with E-state index >= 15 is 0 Å². The lowest BCUT2D eigenvalue weighted by molar-refractivity contribution is -0.141. The van der Waals surface area contributed by atoms with Crippen LogP contribution in [0.15, 0.2) is 0 Å². The number of aliphatic carboxylic acids is 1. The van der Waals surface area contributed by atoms with Crippen LogP contribution in [0.5, 0.6) is 0 Å². The van der Waals surface area contributed by atoms with Crippen LogP contribution in [0.1, 0.15) is 20.8 Å². The van der Waals surface area contributed by atoms with Gasteiger partial charge in [0.05, 0.1) is 5.92 Å². The fourth-order valence-electron chi connectivity index (χ4n) is 1.11. The summed E-state index contributed by atoms with van der Waals surface area (Å²) in [5, 5.41) is 12.0. The van der Waals surface area contributed by atoms with Crippen LogP contribution < -0.4 is 5.32 Å². The molecule has 13 heavy (non-hydrogen) atoms. The molecule has 0 spiro atoms. The summed E-state index contributed by atoms with van der Waals surface area (Å²) in [5.41, 5.74) is 0. The molecule has 3 atom stereocenters. The lowest BCUT2D eigenvalue weighted by Gasteiger charge is -2.22. The molecule has 0 aliphatic rings. The van der Waals surface area contributed by atoms with Gasteiger partial charge in [-0.05, 0) is 20.1 Å². The normalized spacial score (nSPS) is 17.8. The molecule has 0 heterocycles. The number of hydrogen-bond donors (Lipinski definition) is 2. The minimum absolute atomic E-state index is 0.0275. The average molecular weight is 205 g/mol. The first-order chi connectivity index (χ1) is 5.99. The molecular weight excluding hydrogens is 186 g/mol. The predicted molar refractivity (Wildman–Crippen MR) is 57.2 cm³/mol. The fourth-order valence-corrected chi connectivity index (χ4v) is 1.70. The molecule has 0 saturated heterocycles. The summed E-state index contributed by atoms with van der Waals surface area (Å²) in [4.78, 5) is 10.6. The van der Waals surface area contributed by atoms with Crippen molar-refractivity contribution in [3.63, 3.8) is 0 Å². The van der Waals surface area contributed by atoms with Crippen LogP contribution >= 0.6 is 11.8 Å². The zero-order chi connectivity index (χ0) is 10.4. The van der Waals surface area contributed by atoms with Crippen LogP contribution in [0.25, 0.3) is 0 Å². The predicted octanol–water partition coefficient (Wildman–Crippen LogP) is 1.44. The topological polar surface area (TPSA) is 49.3 Å². The van der Waals surface area contributed by atoms with Gasteiger partial charge in [-0.15, -0.1) is 0 Å². The van der Waals surface area contributed by atoms with Crippen LogP contribution in [0, 0.1) is 5.92 Å². The zero-order valence-electron chi connectivity index (χ0n) is 8.70. The van der Waals surface area contributed by atoms with E-state index in [1.165, 1.54) is 0 Å². The highest BCUT2D eigenvalue weighted by Gasteiger charge is 2.20. The SMILES string of the molecule is CSCC(C)NC(C)C(C)C(=O)O. The van der Waals surface area contributed by atoms with Gasteiger partial charge in [-0.25, -0.2) is 0 Å². The molecular formula is C9H19NO2S. The van der Waals surface area contributed by atoms with E-state index in [1.54, 1.807) is 18.7 Å². The van der Waals surface area contributed by atoms with Crippen molar-refractivity contribution in [1.29, 1.82) is 0 Å². The Hall–Kier alpha value is -0.220. The van der Waals surface area contributed by atoms with Crippen LogP contribution in [0.4, 0.5) is 0 Å². The number of rotatable bonds is 6. The summed E-state index contributed by atoms with van der Waals surface area (Å²) in [7, 11) is 0. The van der Waals surface area contributed by atoms with Gasteiger partial charge in [0.2, 0.25) is 0 Å². The van der Waals surface area contributed by atoms with Crippen molar-refractivity contribution in [3.8, 4) is 0 Å². The molecule has 0 aromatic carbocycles. The van der Waals surface area contributed by atoms with Crippen molar-refractivity contribution in [2.24, 2.45) is 5.92 Å². The first kappa shape index (κ1) is 12.8.